The van der Waals surface area contributed by atoms with Crippen LogP contribution in [0.2, 0.25) is 0 Å². The first kappa shape index (κ1) is 14.8. The third kappa shape index (κ3) is 3.28. The molecule has 20 heavy (non-hydrogen) atoms. The fraction of sp³-hybridized carbons (Fsp3) is 0.600. The Labute approximate surface area is 119 Å². The molecule has 2 rings (SSSR count). The van der Waals surface area contributed by atoms with E-state index in [-0.39, 0.29) is 17.5 Å². The lowest BCUT2D eigenvalue weighted by Gasteiger charge is -2.27. The van der Waals surface area contributed by atoms with Crippen molar-refractivity contribution in [2.24, 2.45) is 0 Å². The Bertz CT molecular complexity index is 520. The minimum Gasteiger partial charge on any atom is -0.342 e. The summed E-state index contributed by atoms with van der Waals surface area (Å²) in [7, 11) is 0. The molecule has 0 radical (unpaired) electrons. The van der Waals surface area contributed by atoms with Crippen molar-refractivity contribution in [3.8, 4) is 0 Å². The van der Waals surface area contributed by atoms with E-state index in [0.29, 0.717) is 6.54 Å². The summed E-state index contributed by atoms with van der Waals surface area (Å²) in [6.07, 6.45) is 2.95. The minimum absolute atomic E-state index is 0.0522. The molecule has 0 saturated carbocycles. The lowest BCUT2D eigenvalue weighted by atomic mass is 9.91. The molecule has 0 fully saturated rings. The number of likely N-dealkylation sites (N-methyl/N-ethyl adjacent to an activating group) is 1. The molecule has 1 aliphatic carbocycles. The highest BCUT2D eigenvalue weighted by Gasteiger charge is 2.21. The fourth-order valence-electron chi connectivity index (χ4n) is 2.81. The zero-order valence-electron chi connectivity index (χ0n) is 12.2. The van der Waals surface area contributed by atoms with Gasteiger partial charge >= 0.3 is 0 Å². The highest BCUT2D eigenvalue weighted by Crippen LogP contribution is 2.27. The van der Waals surface area contributed by atoms with Gasteiger partial charge in [0.1, 0.15) is 0 Å². The lowest BCUT2D eigenvalue weighted by molar-refractivity contribution is -0.130. The quantitative estimate of drug-likeness (QED) is 0.850. The standard InChI is InChI=1S/C15H23N3O2/c1-3-18(4-2)15(20)10-16-12-6-5-7-13-11(12)8-9-14(19)17-13/h8-9,12,16H,3-7,10H2,1-2H3,(H,17,19). The van der Waals surface area contributed by atoms with E-state index < -0.39 is 0 Å². The Morgan fingerprint density at radius 2 is 2.15 bits per heavy atom. The number of hydrogen-bond acceptors (Lipinski definition) is 3. The number of amides is 1. The summed E-state index contributed by atoms with van der Waals surface area (Å²) in [6, 6.07) is 3.60. The van der Waals surface area contributed by atoms with Gasteiger partial charge in [0, 0.05) is 30.9 Å². The summed E-state index contributed by atoms with van der Waals surface area (Å²) in [5.74, 6) is 0.131. The molecule has 1 amide bonds. The molecular formula is C15H23N3O2. The number of fused-ring (bicyclic) bond motifs is 1. The number of nitrogens with zero attached hydrogens (tertiary/aromatic N) is 1. The van der Waals surface area contributed by atoms with Crippen molar-refractivity contribution in [1.82, 2.24) is 15.2 Å². The summed E-state index contributed by atoms with van der Waals surface area (Å²) in [4.78, 5) is 28.1. The molecule has 1 aromatic heterocycles. The molecule has 5 heteroatoms. The molecule has 1 heterocycles. The molecule has 0 spiro atoms. The molecule has 110 valence electrons. The Morgan fingerprint density at radius 1 is 1.40 bits per heavy atom. The van der Waals surface area contributed by atoms with Gasteiger partial charge in [0.15, 0.2) is 0 Å². The first-order chi connectivity index (χ1) is 9.65. The second-order valence-corrected chi connectivity index (χ2v) is 5.15. The van der Waals surface area contributed by atoms with Gasteiger partial charge in [-0.25, -0.2) is 0 Å². The van der Waals surface area contributed by atoms with Gasteiger partial charge in [0.25, 0.3) is 0 Å². The molecule has 1 atom stereocenters. The molecular weight excluding hydrogens is 254 g/mol. The molecule has 5 nitrogen and oxygen atoms in total. The minimum atomic E-state index is -0.0522. The average Bonchev–Trinajstić information content (AvgIpc) is 2.45. The number of rotatable bonds is 5. The predicted molar refractivity (Wildman–Crippen MR) is 78.7 cm³/mol. The highest BCUT2D eigenvalue weighted by molar-refractivity contribution is 5.78. The van der Waals surface area contributed by atoms with Crippen LogP contribution in [-0.2, 0) is 11.2 Å². The highest BCUT2D eigenvalue weighted by atomic mass is 16.2. The van der Waals surface area contributed by atoms with Crippen LogP contribution in [0.25, 0.3) is 0 Å². The van der Waals surface area contributed by atoms with E-state index in [1.54, 1.807) is 6.07 Å². The van der Waals surface area contributed by atoms with Crippen LogP contribution in [0.5, 0.6) is 0 Å². The zero-order chi connectivity index (χ0) is 14.5. The summed E-state index contributed by atoms with van der Waals surface area (Å²) in [5.41, 5.74) is 2.09. The number of H-pyrrole nitrogens is 1. The number of carbonyl (C=O) groups excluding carboxylic acids is 1. The van der Waals surface area contributed by atoms with Crippen LogP contribution >= 0.6 is 0 Å². The second kappa shape index (κ2) is 6.70. The summed E-state index contributed by atoms with van der Waals surface area (Å²) >= 11 is 0. The van der Waals surface area contributed by atoms with Gasteiger partial charge in [-0.05, 0) is 38.7 Å². The average molecular weight is 277 g/mol. The van der Waals surface area contributed by atoms with Crippen molar-refractivity contribution in [2.45, 2.75) is 39.2 Å². The normalized spacial score (nSPS) is 17.6. The number of aryl methyl sites for hydroxylation is 1. The second-order valence-electron chi connectivity index (χ2n) is 5.15. The van der Waals surface area contributed by atoms with Crippen molar-refractivity contribution < 1.29 is 4.79 Å². The molecule has 0 aromatic carbocycles. The van der Waals surface area contributed by atoms with Crippen molar-refractivity contribution in [2.75, 3.05) is 19.6 Å². The number of nitrogens with one attached hydrogen (secondary N) is 2. The third-order valence-corrected chi connectivity index (χ3v) is 3.95. The molecule has 0 aliphatic heterocycles. The maximum absolute atomic E-state index is 12.0. The lowest BCUT2D eigenvalue weighted by Crippen LogP contribution is -2.40. The van der Waals surface area contributed by atoms with Crippen LogP contribution in [0.4, 0.5) is 0 Å². The Hall–Kier alpha value is -1.62. The molecule has 1 aromatic rings. The number of aromatic nitrogens is 1. The van der Waals surface area contributed by atoms with Gasteiger partial charge in [-0.15, -0.1) is 0 Å². The Balaban J connectivity index is 2.02. The topological polar surface area (TPSA) is 65.2 Å². The van der Waals surface area contributed by atoms with Crippen molar-refractivity contribution in [1.29, 1.82) is 0 Å². The van der Waals surface area contributed by atoms with Crippen LogP contribution in [-0.4, -0.2) is 35.4 Å². The largest absolute Gasteiger partial charge is 0.342 e. The van der Waals surface area contributed by atoms with Crippen molar-refractivity contribution >= 4 is 5.91 Å². The smallest absolute Gasteiger partial charge is 0.248 e. The van der Waals surface area contributed by atoms with E-state index in [0.717, 1.165) is 43.6 Å². The Kier molecular flexibility index (Phi) is 4.95. The molecule has 1 aliphatic rings. The summed E-state index contributed by atoms with van der Waals surface area (Å²) < 4.78 is 0. The molecule has 0 saturated heterocycles. The van der Waals surface area contributed by atoms with Crippen LogP contribution in [0.3, 0.4) is 0 Å². The maximum atomic E-state index is 12.0. The zero-order valence-corrected chi connectivity index (χ0v) is 12.2. The fourth-order valence-corrected chi connectivity index (χ4v) is 2.81. The molecule has 1 unspecified atom stereocenters. The monoisotopic (exact) mass is 277 g/mol. The van der Waals surface area contributed by atoms with E-state index in [4.69, 9.17) is 0 Å². The molecule has 2 N–H and O–H groups in total. The van der Waals surface area contributed by atoms with E-state index in [1.165, 1.54) is 0 Å². The summed E-state index contributed by atoms with van der Waals surface area (Å²) in [6.45, 7) is 5.81. The number of pyridine rings is 1. The van der Waals surface area contributed by atoms with Crippen LogP contribution in [0.1, 0.15) is 44.0 Å². The van der Waals surface area contributed by atoms with Gasteiger partial charge in [0.05, 0.1) is 6.54 Å². The number of hydrogen-bond donors (Lipinski definition) is 2. The summed E-state index contributed by atoms with van der Waals surface area (Å²) in [5, 5.41) is 3.33. The molecule has 0 bridgehead atoms. The van der Waals surface area contributed by atoms with Crippen molar-refractivity contribution in [3.63, 3.8) is 0 Å². The van der Waals surface area contributed by atoms with Gasteiger partial charge in [-0.2, -0.15) is 0 Å². The SMILES string of the molecule is CCN(CC)C(=O)CNC1CCCc2[nH]c(=O)ccc21. The number of carbonyl (C=O) groups is 1. The third-order valence-electron chi connectivity index (χ3n) is 3.95. The van der Waals surface area contributed by atoms with E-state index in [9.17, 15) is 9.59 Å². The van der Waals surface area contributed by atoms with E-state index in [2.05, 4.69) is 10.3 Å². The maximum Gasteiger partial charge on any atom is 0.248 e. The van der Waals surface area contributed by atoms with Gasteiger partial charge in [-0.3, -0.25) is 9.59 Å². The van der Waals surface area contributed by atoms with Gasteiger partial charge in [0.2, 0.25) is 11.5 Å². The van der Waals surface area contributed by atoms with Gasteiger partial charge in [-0.1, -0.05) is 6.07 Å². The Morgan fingerprint density at radius 3 is 2.85 bits per heavy atom. The van der Waals surface area contributed by atoms with Crippen LogP contribution < -0.4 is 10.9 Å². The van der Waals surface area contributed by atoms with E-state index >= 15 is 0 Å². The first-order valence-corrected chi connectivity index (χ1v) is 7.39. The number of aromatic amines is 1. The predicted octanol–water partition coefficient (Wildman–Crippen LogP) is 1.21. The first-order valence-electron chi connectivity index (χ1n) is 7.39. The van der Waals surface area contributed by atoms with Crippen molar-refractivity contribution in [3.05, 3.63) is 33.7 Å². The van der Waals surface area contributed by atoms with Gasteiger partial charge < -0.3 is 15.2 Å². The van der Waals surface area contributed by atoms with E-state index in [1.807, 2.05) is 24.8 Å². The van der Waals surface area contributed by atoms with Crippen LogP contribution in [0, 0.1) is 0 Å². The van der Waals surface area contributed by atoms with Crippen LogP contribution in [0.15, 0.2) is 16.9 Å².